The number of pyridine rings is 2. The molecule has 0 aliphatic heterocycles. The summed E-state index contributed by atoms with van der Waals surface area (Å²) in [4.78, 5) is 24.2. The summed E-state index contributed by atoms with van der Waals surface area (Å²) in [5.74, 6) is 1.34. The molecule has 0 bridgehead atoms. The molecule has 1 aliphatic carbocycles. The zero-order valence-corrected chi connectivity index (χ0v) is 22.5. The zero-order valence-electron chi connectivity index (χ0n) is 22.5. The third-order valence-corrected chi connectivity index (χ3v) is 7.24. The average molecular weight is 533 g/mol. The van der Waals surface area contributed by atoms with Gasteiger partial charge in [0.15, 0.2) is 0 Å². The standard InChI is InChI=1S/C32H32N6O2/c1-40-31-18-10-26(22-35-31)25-8-13-28(14-9-25)38(32(39)36-20-23-5-3-2-4-6-23)29-15-11-27(12-16-29)37-30-17-7-24(19-33)21-34-30/h2-10,13-14,17-18,21-22,27,29H,11-12,15-16,20H2,1H3,(H,34,37)(H,36,39). The quantitative estimate of drug-likeness (QED) is 0.282. The number of urea groups is 1. The van der Waals surface area contributed by atoms with Crippen LogP contribution in [-0.4, -0.2) is 35.2 Å². The number of nitriles is 1. The summed E-state index contributed by atoms with van der Waals surface area (Å²) in [7, 11) is 1.60. The summed E-state index contributed by atoms with van der Waals surface area (Å²) in [6.45, 7) is 0.465. The van der Waals surface area contributed by atoms with Crippen molar-refractivity contribution in [3.8, 4) is 23.1 Å². The van der Waals surface area contributed by atoms with Crippen LogP contribution in [0.15, 0.2) is 91.3 Å². The highest BCUT2D eigenvalue weighted by atomic mass is 16.5. The first-order valence-electron chi connectivity index (χ1n) is 13.5. The van der Waals surface area contributed by atoms with E-state index < -0.39 is 0 Å². The highest BCUT2D eigenvalue weighted by molar-refractivity contribution is 5.93. The Morgan fingerprint density at radius 2 is 1.68 bits per heavy atom. The molecule has 8 heteroatoms. The van der Waals surface area contributed by atoms with Crippen LogP contribution >= 0.6 is 0 Å². The minimum atomic E-state index is -0.104. The van der Waals surface area contributed by atoms with Crippen LogP contribution in [0.4, 0.5) is 16.3 Å². The van der Waals surface area contributed by atoms with Crippen molar-refractivity contribution in [2.24, 2.45) is 0 Å². The Kier molecular flexibility index (Phi) is 8.52. The van der Waals surface area contributed by atoms with Gasteiger partial charge in [-0.2, -0.15) is 5.26 Å². The molecule has 0 spiro atoms. The number of aromatic nitrogens is 2. The van der Waals surface area contributed by atoms with Crippen LogP contribution in [0.3, 0.4) is 0 Å². The number of hydrogen-bond acceptors (Lipinski definition) is 6. The molecule has 1 fully saturated rings. The second-order valence-corrected chi connectivity index (χ2v) is 9.84. The molecule has 2 N–H and O–H groups in total. The normalized spacial score (nSPS) is 16.4. The van der Waals surface area contributed by atoms with Crippen molar-refractivity contribution in [1.82, 2.24) is 15.3 Å². The molecule has 5 rings (SSSR count). The number of methoxy groups -OCH3 is 1. The van der Waals surface area contributed by atoms with Gasteiger partial charge in [-0.3, -0.25) is 4.90 Å². The molecule has 40 heavy (non-hydrogen) atoms. The highest BCUT2D eigenvalue weighted by Crippen LogP contribution is 2.31. The fraction of sp³-hybridized carbons (Fsp3) is 0.250. The van der Waals surface area contributed by atoms with E-state index >= 15 is 0 Å². The molecule has 2 aromatic carbocycles. The van der Waals surface area contributed by atoms with Crippen LogP contribution in [0.1, 0.15) is 36.8 Å². The number of nitrogens with zero attached hydrogens (tertiary/aromatic N) is 4. The van der Waals surface area contributed by atoms with Gasteiger partial charge in [-0.1, -0.05) is 42.5 Å². The van der Waals surface area contributed by atoms with Crippen LogP contribution < -0.4 is 20.3 Å². The van der Waals surface area contributed by atoms with E-state index in [4.69, 9.17) is 10.00 Å². The van der Waals surface area contributed by atoms with E-state index in [9.17, 15) is 4.79 Å². The Labute approximate surface area is 234 Å². The lowest BCUT2D eigenvalue weighted by molar-refractivity contribution is 0.240. The molecule has 4 aromatic rings. The fourth-order valence-corrected chi connectivity index (χ4v) is 5.07. The van der Waals surface area contributed by atoms with Crippen LogP contribution in [-0.2, 0) is 6.54 Å². The number of hydrogen-bond donors (Lipinski definition) is 2. The number of amides is 2. The smallest absolute Gasteiger partial charge is 0.322 e. The average Bonchev–Trinajstić information content (AvgIpc) is 3.02. The zero-order chi connectivity index (χ0) is 27.7. The highest BCUT2D eigenvalue weighted by Gasteiger charge is 2.30. The first kappa shape index (κ1) is 26.7. The Morgan fingerprint density at radius 3 is 2.30 bits per heavy atom. The number of nitrogens with one attached hydrogen (secondary N) is 2. The van der Waals surface area contributed by atoms with E-state index in [1.165, 1.54) is 0 Å². The van der Waals surface area contributed by atoms with E-state index in [0.717, 1.165) is 53.9 Å². The third-order valence-electron chi connectivity index (χ3n) is 7.24. The SMILES string of the molecule is COc1ccc(-c2ccc(N(C(=O)NCc3ccccc3)C3CCC(Nc4ccc(C#N)cn4)CC3)cc2)cn1. The molecular weight excluding hydrogens is 500 g/mol. The van der Waals surface area contributed by atoms with Gasteiger partial charge in [0.05, 0.1) is 12.7 Å². The predicted octanol–water partition coefficient (Wildman–Crippen LogP) is 6.16. The first-order valence-corrected chi connectivity index (χ1v) is 13.5. The van der Waals surface area contributed by atoms with Crippen molar-refractivity contribution in [3.05, 3.63) is 102 Å². The molecule has 202 valence electrons. The molecule has 0 saturated heterocycles. The lowest BCUT2D eigenvalue weighted by Gasteiger charge is -2.37. The molecule has 1 aliphatic rings. The van der Waals surface area contributed by atoms with Crippen molar-refractivity contribution in [1.29, 1.82) is 5.26 Å². The molecule has 1 saturated carbocycles. The van der Waals surface area contributed by atoms with Gasteiger partial charge in [0, 0.05) is 48.3 Å². The number of ether oxygens (including phenoxy) is 1. The molecule has 2 amide bonds. The summed E-state index contributed by atoms with van der Waals surface area (Å²) in [5, 5.41) is 15.6. The first-order chi connectivity index (χ1) is 19.6. The summed E-state index contributed by atoms with van der Waals surface area (Å²) in [6, 6.07) is 27.8. The molecule has 2 aromatic heterocycles. The van der Waals surface area contributed by atoms with E-state index in [1.54, 1.807) is 25.6 Å². The second kappa shape index (κ2) is 12.8. The lowest BCUT2D eigenvalue weighted by Crippen LogP contribution is -2.48. The third kappa shape index (κ3) is 6.56. The Bertz CT molecular complexity index is 1430. The number of carbonyl (C=O) groups excluding carboxylic acids is 1. The fourth-order valence-electron chi connectivity index (χ4n) is 5.07. The number of anilines is 2. The van der Waals surface area contributed by atoms with Crippen molar-refractivity contribution < 1.29 is 9.53 Å². The summed E-state index contributed by atoms with van der Waals surface area (Å²) >= 11 is 0. The molecule has 0 radical (unpaired) electrons. The van der Waals surface area contributed by atoms with Crippen LogP contribution in [0.5, 0.6) is 5.88 Å². The largest absolute Gasteiger partial charge is 0.481 e. The predicted molar refractivity (Wildman–Crippen MR) is 156 cm³/mol. The van der Waals surface area contributed by atoms with E-state index in [0.29, 0.717) is 18.0 Å². The van der Waals surface area contributed by atoms with Crippen LogP contribution in [0, 0.1) is 11.3 Å². The van der Waals surface area contributed by atoms with Gasteiger partial charge in [0.25, 0.3) is 0 Å². The maximum Gasteiger partial charge on any atom is 0.322 e. The second-order valence-electron chi connectivity index (χ2n) is 9.84. The van der Waals surface area contributed by atoms with Gasteiger partial charge < -0.3 is 15.4 Å². The lowest BCUT2D eigenvalue weighted by atomic mass is 9.89. The van der Waals surface area contributed by atoms with E-state index in [1.807, 2.05) is 77.7 Å². The maximum absolute atomic E-state index is 13.6. The maximum atomic E-state index is 13.6. The van der Waals surface area contributed by atoms with Gasteiger partial charge in [0.1, 0.15) is 11.9 Å². The monoisotopic (exact) mass is 532 g/mol. The minimum Gasteiger partial charge on any atom is -0.481 e. The number of rotatable bonds is 8. The van der Waals surface area contributed by atoms with Crippen molar-refractivity contribution in [2.45, 2.75) is 44.3 Å². The van der Waals surface area contributed by atoms with Gasteiger partial charge >= 0.3 is 6.03 Å². The Morgan fingerprint density at radius 1 is 0.925 bits per heavy atom. The van der Waals surface area contributed by atoms with Crippen molar-refractivity contribution >= 4 is 17.5 Å². The van der Waals surface area contributed by atoms with Crippen LogP contribution in [0.25, 0.3) is 11.1 Å². The molecule has 2 heterocycles. The minimum absolute atomic E-state index is 0.0660. The van der Waals surface area contributed by atoms with Gasteiger partial charge in [-0.25, -0.2) is 14.8 Å². The van der Waals surface area contributed by atoms with Crippen molar-refractivity contribution in [3.63, 3.8) is 0 Å². The number of benzene rings is 2. The topological polar surface area (TPSA) is 103 Å². The summed E-state index contributed by atoms with van der Waals surface area (Å²) in [5.41, 5.74) is 4.46. The summed E-state index contributed by atoms with van der Waals surface area (Å²) in [6.07, 6.45) is 6.90. The molecule has 8 nitrogen and oxygen atoms in total. The molecule has 0 unspecified atom stereocenters. The van der Waals surface area contributed by atoms with Crippen LogP contribution in [0.2, 0.25) is 0 Å². The van der Waals surface area contributed by atoms with E-state index in [2.05, 4.69) is 26.7 Å². The van der Waals surface area contributed by atoms with Gasteiger partial charge in [0.2, 0.25) is 5.88 Å². The van der Waals surface area contributed by atoms with Gasteiger partial charge in [-0.15, -0.1) is 0 Å². The molecular formula is C32H32N6O2. The Balaban J connectivity index is 1.30. The Hall–Kier alpha value is -4.90. The van der Waals surface area contributed by atoms with Crippen molar-refractivity contribution in [2.75, 3.05) is 17.3 Å². The van der Waals surface area contributed by atoms with Gasteiger partial charge in [-0.05, 0) is 67.1 Å². The van der Waals surface area contributed by atoms with E-state index in [-0.39, 0.29) is 18.1 Å². The summed E-state index contributed by atoms with van der Waals surface area (Å²) < 4.78 is 5.17. The number of carbonyl (C=O) groups is 1. The molecule has 0 atom stereocenters.